The molecule has 1 aliphatic carbocycles. The minimum absolute atomic E-state index is 0.0489. The van der Waals surface area contributed by atoms with Crippen molar-refractivity contribution in [1.82, 2.24) is 10.2 Å². The van der Waals surface area contributed by atoms with Gasteiger partial charge in [0.05, 0.1) is 6.42 Å². The molecule has 3 saturated heterocycles. The first-order valence-electron chi connectivity index (χ1n) is 9.74. The van der Waals surface area contributed by atoms with Crippen LogP contribution in [0, 0.1) is 17.3 Å². The molecule has 1 amide bonds. The Morgan fingerprint density at radius 1 is 1.25 bits per heavy atom. The number of nitrogens with one attached hydrogen (secondary N) is 1. The molecule has 0 aromatic heterocycles. The Bertz CT molecular complexity index is 473. The zero-order valence-corrected chi connectivity index (χ0v) is 14.9. The molecule has 1 saturated carbocycles. The monoisotopic (exact) mass is 336 g/mol. The fraction of sp³-hybridized carbons (Fsp3) is 0.895. The SMILES string of the molecule is CCC1CN2CCC1CC2CNC(=O)CC1(CC(=O)O)CCCC1. The van der Waals surface area contributed by atoms with Crippen molar-refractivity contribution in [3.05, 3.63) is 0 Å². The van der Waals surface area contributed by atoms with Crippen molar-refractivity contribution >= 4 is 11.9 Å². The maximum atomic E-state index is 12.4. The Morgan fingerprint density at radius 2 is 2.00 bits per heavy atom. The van der Waals surface area contributed by atoms with Crippen LogP contribution in [0.3, 0.4) is 0 Å². The molecular formula is C19H32N2O3. The summed E-state index contributed by atoms with van der Waals surface area (Å²) < 4.78 is 0. The first-order valence-corrected chi connectivity index (χ1v) is 9.74. The minimum atomic E-state index is -0.772. The molecular weight excluding hydrogens is 304 g/mol. The third-order valence-electron chi connectivity index (χ3n) is 6.80. The summed E-state index contributed by atoms with van der Waals surface area (Å²) in [6.07, 6.45) is 8.16. The number of piperidine rings is 3. The fourth-order valence-corrected chi connectivity index (χ4v) is 5.42. The molecule has 4 atom stereocenters. The molecule has 4 unspecified atom stereocenters. The minimum Gasteiger partial charge on any atom is -0.481 e. The summed E-state index contributed by atoms with van der Waals surface area (Å²) in [7, 11) is 0. The van der Waals surface area contributed by atoms with Crippen molar-refractivity contribution in [1.29, 1.82) is 0 Å². The lowest BCUT2D eigenvalue weighted by atomic mass is 9.74. The molecule has 2 N–H and O–H groups in total. The zero-order valence-electron chi connectivity index (χ0n) is 14.9. The van der Waals surface area contributed by atoms with Crippen molar-refractivity contribution in [2.24, 2.45) is 17.3 Å². The molecule has 0 spiro atoms. The molecule has 4 aliphatic rings. The van der Waals surface area contributed by atoms with Gasteiger partial charge < -0.3 is 10.4 Å². The maximum Gasteiger partial charge on any atom is 0.303 e. The molecule has 3 aliphatic heterocycles. The molecule has 2 bridgehead atoms. The van der Waals surface area contributed by atoms with Crippen LogP contribution >= 0.6 is 0 Å². The van der Waals surface area contributed by atoms with Crippen molar-refractivity contribution in [3.63, 3.8) is 0 Å². The van der Waals surface area contributed by atoms with Crippen LogP contribution in [0.4, 0.5) is 0 Å². The van der Waals surface area contributed by atoms with Gasteiger partial charge in [0.15, 0.2) is 0 Å². The number of carbonyl (C=O) groups excluding carboxylic acids is 1. The van der Waals surface area contributed by atoms with E-state index in [1.807, 2.05) is 0 Å². The van der Waals surface area contributed by atoms with E-state index in [1.54, 1.807) is 0 Å². The zero-order chi connectivity index (χ0) is 17.2. The van der Waals surface area contributed by atoms with Gasteiger partial charge in [-0.25, -0.2) is 0 Å². The third-order valence-corrected chi connectivity index (χ3v) is 6.80. The number of hydrogen-bond donors (Lipinski definition) is 2. The lowest BCUT2D eigenvalue weighted by Crippen LogP contribution is -2.56. The summed E-state index contributed by atoms with van der Waals surface area (Å²) in [6, 6.07) is 0.481. The Morgan fingerprint density at radius 3 is 2.58 bits per heavy atom. The standard InChI is InChI=1S/C19H32N2O3/c1-2-14-13-21-8-5-15(14)9-16(21)12-20-17(22)10-19(11-18(23)24)6-3-4-7-19/h14-16H,2-13H2,1H3,(H,20,22)(H,23,24). The largest absolute Gasteiger partial charge is 0.481 e. The van der Waals surface area contributed by atoms with E-state index in [9.17, 15) is 9.59 Å². The van der Waals surface area contributed by atoms with Crippen LogP contribution in [0.5, 0.6) is 0 Å². The number of nitrogens with zero attached hydrogens (tertiary/aromatic N) is 1. The number of carbonyl (C=O) groups is 2. The molecule has 5 nitrogen and oxygen atoms in total. The number of hydrogen-bond acceptors (Lipinski definition) is 3. The first kappa shape index (κ1) is 17.7. The predicted octanol–water partition coefficient (Wildman–Crippen LogP) is 2.65. The van der Waals surface area contributed by atoms with Crippen LogP contribution in [-0.2, 0) is 9.59 Å². The highest BCUT2D eigenvalue weighted by molar-refractivity contribution is 5.78. The van der Waals surface area contributed by atoms with E-state index in [4.69, 9.17) is 5.11 Å². The van der Waals surface area contributed by atoms with Gasteiger partial charge in [-0.2, -0.15) is 0 Å². The highest BCUT2D eigenvalue weighted by atomic mass is 16.4. The highest BCUT2D eigenvalue weighted by Gasteiger charge is 2.40. The lowest BCUT2D eigenvalue weighted by molar-refractivity contribution is -0.140. The van der Waals surface area contributed by atoms with Gasteiger partial charge >= 0.3 is 5.97 Å². The lowest BCUT2D eigenvalue weighted by Gasteiger charge is -2.50. The van der Waals surface area contributed by atoms with Gasteiger partial charge in [-0.3, -0.25) is 14.5 Å². The van der Waals surface area contributed by atoms with Crippen molar-refractivity contribution in [2.75, 3.05) is 19.6 Å². The number of fused-ring (bicyclic) bond motifs is 3. The van der Waals surface area contributed by atoms with E-state index in [1.165, 1.54) is 32.4 Å². The highest BCUT2D eigenvalue weighted by Crippen LogP contribution is 2.44. The predicted molar refractivity (Wildman–Crippen MR) is 92.6 cm³/mol. The smallest absolute Gasteiger partial charge is 0.303 e. The van der Waals surface area contributed by atoms with Gasteiger partial charge in [0, 0.05) is 25.6 Å². The van der Waals surface area contributed by atoms with Gasteiger partial charge in [0.1, 0.15) is 0 Å². The normalized spacial score (nSPS) is 34.2. The molecule has 3 heterocycles. The summed E-state index contributed by atoms with van der Waals surface area (Å²) in [5.41, 5.74) is -0.297. The molecule has 4 rings (SSSR count). The van der Waals surface area contributed by atoms with Crippen LogP contribution in [-0.4, -0.2) is 47.6 Å². The van der Waals surface area contributed by atoms with E-state index in [0.29, 0.717) is 12.5 Å². The van der Waals surface area contributed by atoms with Crippen LogP contribution < -0.4 is 5.32 Å². The van der Waals surface area contributed by atoms with Gasteiger partial charge in [0.25, 0.3) is 0 Å². The average Bonchev–Trinajstić information content (AvgIpc) is 3.00. The number of carboxylic acids is 1. The first-order chi connectivity index (χ1) is 11.5. The Balaban J connectivity index is 1.48. The second-order valence-electron chi connectivity index (χ2n) is 8.36. The topological polar surface area (TPSA) is 69.6 Å². The molecule has 0 radical (unpaired) electrons. The number of rotatable bonds is 7. The van der Waals surface area contributed by atoms with E-state index in [0.717, 1.165) is 44.1 Å². The van der Waals surface area contributed by atoms with Gasteiger partial charge in [-0.05, 0) is 49.5 Å². The molecule has 24 heavy (non-hydrogen) atoms. The van der Waals surface area contributed by atoms with E-state index >= 15 is 0 Å². The molecule has 5 heteroatoms. The van der Waals surface area contributed by atoms with Crippen LogP contribution in [0.25, 0.3) is 0 Å². The average molecular weight is 336 g/mol. The van der Waals surface area contributed by atoms with Crippen molar-refractivity contribution in [3.8, 4) is 0 Å². The Kier molecular flexibility index (Phi) is 5.48. The van der Waals surface area contributed by atoms with Gasteiger partial charge in [0.2, 0.25) is 5.91 Å². The quantitative estimate of drug-likeness (QED) is 0.750. The number of aliphatic carboxylic acids is 1. The summed E-state index contributed by atoms with van der Waals surface area (Å²) >= 11 is 0. The second-order valence-corrected chi connectivity index (χ2v) is 8.36. The van der Waals surface area contributed by atoms with Crippen molar-refractivity contribution in [2.45, 2.75) is 70.8 Å². The molecule has 136 valence electrons. The van der Waals surface area contributed by atoms with Crippen LogP contribution in [0.1, 0.15) is 64.7 Å². The van der Waals surface area contributed by atoms with E-state index < -0.39 is 5.97 Å². The van der Waals surface area contributed by atoms with Gasteiger partial charge in [-0.1, -0.05) is 26.2 Å². The Hall–Kier alpha value is -1.10. The summed E-state index contributed by atoms with van der Waals surface area (Å²) in [5.74, 6) is 0.942. The number of amides is 1. The van der Waals surface area contributed by atoms with Gasteiger partial charge in [-0.15, -0.1) is 0 Å². The summed E-state index contributed by atoms with van der Waals surface area (Å²) in [6.45, 7) is 5.37. The molecule has 4 fully saturated rings. The molecule has 0 aromatic rings. The summed E-state index contributed by atoms with van der Waals surface area (Å²) in [5, 5.41) is 12.3. The fourth-order valence-electron chi connectivity index (χ4n) is 5.42. The molecule has 0 aromatic carbocycles. The second kappa shape index (κ2) is 7.42. The van der Waals surface area contributed by atoms with Crippen LogP contribution in [0.15, 0.2) is 0 Å². The third kappa shape index (κ3) is 3.93. The number of carboxylic acid groups (broad SMARTS) is 1. The van der Waals surface area contributed by atoms with E-state index in [2.05, 4.69) is 17.1 Å². The Labute approximate surface area is 145 Å². The maximum absolute atomic E-state index is 12.4. The van der Waals surface area contributed by atoms with E-state index in [-0.39, 0.29) is 17.7 Å². The van der Waals surface area contributed by atoms with Crippen molar-refractivity contribution < 1.29 is 14.7 Å². The summed E-state index contributed by atoms with van der Waals surface area (Å²) in [4.78, 5) is 26.1. The van der Waals surface area contributed by atoms with Crippen LogP contribution in [0.2, 0.25) is 0 Å².